The Labute approximate surface area is 284 Å². The third kappa shape index (κ3) is 7.53. The number of benzene rings is 4. The van der Waals surface area contributed by atoms with Crippen LogP contribution in [0, 0.1) is 0 Å². The zero-order valence-electron chi connectivity index (χ0n) is 26.7. The number of halogens is 3. The first kappa shape index (κ1) is 35.5. The number of carbonyl (C=O) groups is 2. The van der Waals surface area contributed by atoms with Gasteiger partial charge in [-0.3, -0.25) is 0 Å². The monoisotopic (exact) mass is 695 g/mol. The molecule has 50 heavy (non-hydrogen) atoms. The van der Waals surface area contributed by atoms with Crippen LogP contribution in [0.4, 0.5) is 13.2 Å². The second-order valence-electron chi connectivity index (χ2n) is 12.7. The Morgan fingerprint density at radius 1 is 0.800 bits per heavy atom. The Kier molecular flexibility index (Phi) is 10.3. The lowest BCUT2D eigenvalue weighted by Crippen LogP contribution is -2.60. The van der Waals surface area contributed by atoms with Gasteiger partial charge in [0.25, 0.3) is 0 Å². The molecule has 0 radical (unpaired) electrons. The molecule has 5 N–H and O–H groups in total. The van der Waals surface area contributed by atoms with E-state index < -0.39 is 54.4 Å². The van der Waals surface area contributed by atoms with E-state index in [1.807, 2.05) is 36.4 Å². The van der Waals surface area contributed by atoms with E-state index >= 15 is 0 Å². The van der Waals surface area contributed by atoms with Gasteiger partial charge in [-0.15, -0.1) is 0 Å². The fourth-order valence-corrected chi connectivity index (χ4v) is 6.68. The molecule has 2 fully saturated rings. The van der Waals surface area contributed by atoms with E-state index in [2.05, 4.69) is 4.90 Å². The Balaban J connectivity index is 1.10. The molecule has 2 heterocycles. The molecule has 0 aliphatic carbocycles. The summed E-state index contributed by atoms with van der Waals surface area (Å²) in [6.07, 6.45) is -10.9. The van der Waals surface area contributed by atoms with Crippen molar-refractivity contribution in [2.75, 3.05) is 26.2 Å². The Bertz CT molecular complexity index is 1840. The SMILES string of the molecule is O=C(O)c1cc(-c2ccc(C3CCN(CCOC4OC(C(=O)O)C(O)C(O)C4O)CC3)cc2)c2ccc(-c3ccc(C(F)(F)F)cc3)cc2c1. The first-order valence-corrected chi connectivity index (χ1v) is 16.2. The summed E-state index contributed by atoms with van der Waals surface area (Å²) in [5.41, 5.74) is 3.29. The summed E-state index contributed by atoms with van der Waals surface area (Å²) in [5, 5.41) is 50.5. The maximum Gasteiger partial charge on any atom is 0.416 e. The maximum absolute atomic E-state index is 13.1. The van der Waals surface area contributed by atoms with Gasteiger partial charge in [-0.1, -0.05) is 48.5 Å². The van der Waals surface area contributed by atoms with E-state index in [-0.39, 0.29) is 18.1 Å². The number of likely N-dealkylation sites (tertiary alicyclic amines) is 1. The molecule has 2 aliphatic heterocycles. The number of piperidine rings is 1. The first-order chi connectivity index (χ1) is 23.8. The Morgan fingerprint density at radius 3 is 2.06 bits per heavy atom. The predicted molar refractivity (Wildman–Crippen MR) is 175 cm³/mol. The van der Waals surface area contributed by atoms with Crippen LogP contribution in [0.5, 0.6) is 0 Å². The summed E-state index contributed by atoms with van der Waals surface area (Å²) >= 11 is 0. The van der Waals surface area contributed by atoms with Crippen molar-refractivity contribution in [2.45, 2.75) is 55.6 Å². The Morgan fingerprint density at radius 2 is 1.44 bits per heavy atom. The minimum atomic E-state index is -4.44. The van der Waals surface area contributed by atoms with Crippen molar-refractivity contribution in [1.82, 2.24) is 4.90 Å². The molecular formula is C37H36F3NO9. The number of aromatic carboxylic acids is 1. The van der Waals surface area contributed by atoms with Gasteiger partial charge in [0.05, 0.1) is 17.7 Å². The van der Waals surface area contributed by atoms with Gasteiger partial charge in [0, 0.05) is 6.54 Å². The molecule has 4 aromatic carbocycles. The number of carboxylic acids is 2. The molecule has 2 saturated heterocycles. The van der Waals surface area contributed by atoms with Gasteiger partial charge in [-0.05, 0) is 101 Å². The van der Waals surface area contributed by atoms with E-state index in [0.29, 0.717) is 23.1 Å². The van der Waals surface area contributed by atoms with Crippen LogP contribution in [0.1, 0.15) is 40.2 Å². The number of hydrogen-bond acceptors (Lipinski definition) is 8. The molecule has 0 spiro atoms. The number of nitrogens with zero attached hydrogens (tertiary/aromatic N) is 1. The second kappa shape index (κ2) is 14.5. The van der Waals surface area contributed by atoms with Crippen molar-refractivity contribution in [2.24, 2.45) is 0 Å². The van der Waals surface area contributed by atoms with E-state index in [9.17, 15) is 48.3 Å². The number of alkyl halides is 3. The van der Waals surface area contributed by atoms with Crippen LogP contribution in [-0.4, -0.2) is 99.3 Å². The molecule has 0 amide bonds. The number of rotatable bonds is 9. The molecule has 13 heteroatoms. The van der Waals surface area contributed by atoms with Gasteiger partial charge < -0.3 is 39.9 Å². The lowest BCUT2D eigenvalue weighted by Gasteiger charge is -2.39. The molecule has 0 bridgehead atoms. The minimum absolute atomic E-state index is 0.0949. The van der Waals surface area contributed by atoms with Gasteiger partial charge >= 0.3 is 18.1 Å². The summed E-state index contributed by atoms with van der Waals surface area (Å²) < 4.78 is 49.9. The van der Waals surface area contributed by atoms with Crippen LogP contribution in [-0.2, 0) is 20.4 Å². The van der Waals surface area contributed by atoms with Crippen LogP contribution < -0.4 is 0 Å². The third-order valence-electron chi connectivity index (χ3n) is 9.53. The fourth-order valence-electron chi connectivity index (χ4n) is 6.68. The van der Waals surface area contributed by atoms with Crippen molar-refractivity contribution < 1.29 is 57.8 Å². The number of carboxylic acid groups (broad SMARTS) is 2. The fraction of sp³-hybridized carbons (Fsp3) is 0.351. The molecule has 5 unspecified atom stereocenters. The van der Waals surface area contributed by atoms with Crippen molar-refractivity contribution in [3.05, 3.63) is 95.6 Å². The van der Waals surface area contributed by atoms with Crippen molar-refractivity contribution >= 4 is 22.7 Å². The molecule has 0 aromatic heterocycles. The van der Waals surface area contributed by atoms with Gasteiger partial charge in [0.2, 0.25) is 0 Å². The van der Waals surface area contributed by atoms with Gasteiger partial charge in [0.15, 0.2) is 12.4 Å². The second-order valence-corrected chi connectivity index (χ2v) is 12.7. The lowest BCUT2D eigenvalue weighted by atomic mass is 9.87. The van der Waals surface area contributed by atoms with E-state index in [4.69, 9.17) is 9.47 Å². The van der Waals surface area contributed by atoms with Gasteiger partial charge in [-0.25, -0.2) is 9.59 Å². The number of ether oxygens (including phenoxy) is 2. The predicted octanol–water partition coefficient (Wildman–Crippen LogP) is 4.98. The van der Waals surface area contributed by atoms with Crippen LogP contribution in [0.25, 0.3) is 33.0 Å². The summed E-state index contributed by atoms with van der Waals surface area (Å²) in [7, 11) is 0. The highest BCUT2D eigenvalue weighted by molar-refractivity contribution is 6.04. The highest BCUT2D eigenvalue weighted by Gasteiger charge is 2.47. The first-order valence-electron chi connectivity index (χ1n) is 16.2. The third-order valence-corrected chi connectivity index (χ3v) is 9.53. The number of fused-ring (bicyclic) bond motifs is 1. The summed E-state index contributed by atoms with van der Waals surface area (Å²) in [4.78, 5) is 25.5. The number of aliphatic hydroxyl groups is 3. The topological polar surface area (TPSA) is 157 Å². The molecule has 10 nitrogen and oxygen atoms in total. The summed E-state index contributed by atoms with van der Waals surface area (Å²) in [6.45, 7) is 2.12. The molecule has 0 saturated carbocycles. The molecular weight excluding hydrogens is 659 g/mol. The molecule has 264 valence electrons. The summed E-state index contributed by atoms with van der Waals surface area (Å²) in [5.74, 6) is -2.28. The number of aliphatic carboxylic acids is 1. The van der Waals surface area contributed by atoms with Crippen molar-refractivity contribution in [3.63, 3.8) is 0 Å². The van der Waals surface area contributed by atoms with E-state index in [1.165, 1.54) is 12.1 Å². The lowest BCUT2D eigenvalue weighted by molar-refractivity contribution is -0.294. The summed E-state index contributed by atoms with van der Waals surface area (Å²) in [6, 6.07) is 21.5. The minimum Gasteiger partial charge on any atom is -0.479 e. The van der Waals surface area contributed by atoms with Crippen LogP contribution in [0.3, 0.4) is 0 Å². The van der Waals surface area contributed by atoms with E-state index in [1.54, 1.807) is 18.2 Å². The van der Waals surface area contributed by atoms with Crippen LogP contribution in [0.15, 0.2) is 78.9 Å². The average Bonchev–Trinajstić information content (AvgIpc) is 3.10. The zero-order valence-corrected chi connectivity index (χ0v) is 26.7. The zero-order chi connectivity index (χ0) is 35.7. The standard InChI is InChI=1S/C37H36F3NO9/c38-37(39,40)27-8-5-21(6-9-27)24-7-10-28-25(17-24)18-26(34(45)46)19-29(28)23-3-1-20(2-4-23)22-11-13-41(14-12-22)15-16-49-36-32(44)30(42)31(43)33(50-36)35(47)48/h1-10,17-19,22,30-33,36,42-44H,11-16H2,(H,45,46)(H,47,48). The Hall–Kier alpha value is -4.37. The number of hydrogen-bond donors (Lipinski definition) is 5. The van der Waals surface area contributed by atoms with Gasteiger partial charge in [-0.2, -0.15) is 13.2 Å². The van der Waals surface area contributed by atoms with Gasteiger partial charge in [0.1, 0.15) is 18.3 Å². The average molecular weight is 696 g/mol. The molecule has 2 aliphatic rings. The quantitative estimate of drug-likeness (QED) is 0.162. The smallest absolute Gasteiger partial charge is 0.416 e. The highest BCUT2D eigenvalue weighted by Crippen LogP contribution is 2.36. The van der Waals surface area contributed by atoms with Crippen molar-refractivity contribution in [3.8, 4) is 22.3 Å². The molecule has 5 atom stereocenters. The van der Waals surface area contributed by atoms with E-state index in [0.717, 1.165) is 60.1 Å². The van der Waals surface area contributed by atoms with Crippen molar-refractivity contribution in [1.29, 1.82) is 0 Å². The normalized spacial score (nSPS) is 23.6. The van der Waals surface area contributed by atoms with Crippen LogP contribution >= 0.6 is 0 Å². The largest absolute Gasteiger partial charge is 0.479 e. The highest BCUT2D eigenvalue weighted by atomic mass is 19.4. The molecule has 4 aromatic rings. The van der Waals surface area contributed by atoms with Crippen LogP contribution in [0.2, 0.25) is 0 Å². The maximum atomic E-state index is 13.1. The molecule has 6 rings (SSSR count). The number of aliphatic hydroxyl groups excluding tert-OH is 3.